The lowest BCUT2D eigenvalue weighted by Crippen LogP contribution is -2.31. The minimum absolute atomic E-state index is 0.0357. The molecule has 126 valence electrons. The number of rotatable bonds is 3. The van der Waals surface area contributed by atoms with Gasteiger partial charge in [-0.25, -0.2) is 0 Å². The van der Waals surface area contributed by atoms with E-state index in [0.29, 0.717) is 12.1 Å². The van der Waals surface area contributed by atoms with Crippen molar-refractivity contribution in [1.82, 2.24) is 14.7 Å². The number of carbonyl (C=O) groups excluding carboxylic acids is 1. The van der Waals surface area contributed by atoms with Crippen LogP contribution in [0.25, 0.3) is 0 Å². The molecule has 3 rings (SSSR count). The molecular formula is C16H18N4O3S. The van der Waals surface area contributed by atoms with Crippen molar-refractivity contribution in [2.75, 3.05) is 12.3 Å². The van der Waals surface area contributed by atoms with Gasteiger partial charge in [-0.2, -0.15) is 5.10 Å². The largest absolute Gasteiger partial charge is 0.322 e. The number of carbonyl (C=O) groups is 1. The Morgan fingerprint density at radius 3 is 2.54 bits per heavy atom. The van der Waals surface area contributed by atoms with Crippen LogP contribution in [0.1, 0.15) is 32.7 Å². The molecule has 1 fully saturated rings. The molecule has 0 saturated carbocycles. The van der Waals surface area contributed by atoms with Crippen LogP contribution in [0.3, 0.4) is 0 Å². The number of hydrogen-bond acceptors (Lipinski definition) is 5. The molecule has 2 aromatic rings. The van der Waals surface area contributed by atoms with E-state index in [9.17, 15) is 14.9 Å². The molecule has 7 nitrogen and oxygen atoms in total. The zero-order valence-corrected chi connectivity index (χ0v) is 14.5. The Bertz CT molecular complexity index is 800. The van der Waals surface area contributed by atoms with Crippen molar-refractivity contribution in [2.24, 2.45) is 7.05 Å². The summed E-state index contributed by atoms with van der Waals surface area (Å²) in [5, 5.41) is 15.0. The molecule has 2 heterocycles. The van der Waals surface area contributed by atoms with Crippen molar-refractivity contribution in [3.8, 4) is 0 Å². The quantitative estimate of drug-likeness (QED) is 0.630. The van der Waals surface area contributed by atoms with Crippen LogP contribution in [0.2, 0.25) is 0 Å². The number of nitro benzene ring substituents is 1. The maximum absolute atomic E-state index is 13.0. The van der Waals surface area contributed by atoms with E-state index < -0.39 is 4.92 Å². The second-order valence-electron chi connectivity index (χ2n) is 5.74. The molecular weight excluding hydrogens is 328 g/mol. The zero-order chi connectivity index (χ0) is 17.4. The van der Waals surface area contributed by atoms with Crippen LogP contribution in [0.15, 0.2) is 24.3 Å². The summed E-state index contributed by atoms with van der Waals surface area (Å²) in [4.78, 5) is 25.2. The van der Waals surface area contributed by atoms with Gasteiger partial charge in [0.15, 0.2) is 0 Å². The van der Waals surface area contributed by atoms with Crippen LogP contribution in [0.4, 0.5) is 5.69 Å². The normalized spacial score (nSPS) is 17.3. The number of nitrogens with zero attached hydrogens (tertiary/aromatic N) is 4. The van der Waals surface area contributed by atoms with Crippen molar-refractivity contribution < 1.29 is 9.72 Å². The summed E-state index contributed by atoms with van der Waals surface area (Å²) in [6.07, 6.45) is 0. The molecule has 1 saturated heterocycles. The second-order valence-corrected chi connectivity index (χ2v) is 6.93. The molecule has 8 heteroatoms. The smallest absolute Gasteiger partial charge is 0.269 e. The van der Waals surface area contributed by atoms with Gasteiger partial charge in [0.05, 0.1) is 16.2 Å². The summed E-state index contributed by atoms with van der Waals surface area (Å²) >= 11 is 1.67. The summed E-state index contributed by atoms with van der Waals surface area (Å²) in [5.74, 6) is 0.803. The Morgan fingerprint density at radius 2 is 2.00 bits per heavy atom. The fourth-order valence-corrected chi connectivity index (χ4v) is 4.20. The van der Waals surface area contributed by atoms with Gasteiger partial charge in [-0.15, -0.1) is 11.8 Å². The molecule has 24 heavy (non-hydrogen) atoms. The molecule has 0 spiro atoms. The molecule has 1 aromatic heterocycles. The summed E-state index contributed by atoms with van der Waals surface area (Å²) < 4.78 is 1.71. The van der Waals surface area contributed by atoms with Gasteiger partial charge in [-0.05, 0) is 31.5 Å². The van der Waals surface area contributed by atoms with Gasteiger partial charge < -0.3 is 4.90 Å². The molecule has 1 unspecified atom stereocenters. The number of nitro groups is 1. The van der Waals surface area contributed by atoms with E-state index in [1.165, 1.54) is 12.1 Å². The first kappa shape index (κ1) is 16.5. The molecule has 1 aliphatic rings. The topological polar surface area (TPSA) is 81.3 Å². The first-order valence-corrected chi connectivity index (χ1v) is 8.62. The Labute approximate surface area is 143 Å². The van der Waals surface area contributed by atoms with Crippen molar-refractivity contribution >= 4 is 23.4 Å². The van der Waals surface area contributed by atoms with Crippen LogP contribution in [-0.4, -0.2) is 37.8 Å². The van der Waals surface area contributed by atoms with E-state index in [-0.39, 0.29) is 17.0 Å². The Balaban J connectivity index is 1.90. The van der Waals surface area contributed by atoms with Gasteiger partial charge in [-0.3, -0.25) is 19.6 Å². The molecule has 0 aliphatic carbocycles. The van der Waals surface area contributed by atoms with Crippen LogP contribution < -0.4 is 0 Å². The van der Waals surface area contributed by atoms with Crippen LogP contribution in [-0.2, 0) is 7.05 Å². The SMILES string of the molecule is Cc1nn(C)c(C)c1C(=O)N1CCSC1c1ccc([N+](=O)[O-])cc1. The summed E-state index contributed by atoms with van der Waals surface area (Å²) in [6, 6.07) is 6.42. The second kappa shape index (κ2) is 6.27. The highest BCUT2D eigenvalue weighted by atomic mass is 32.2. The third-order valence-electron chi connectivity index (χ3n) is 4.26. The van der Waals surface area contributed by atoms with Crippen molar-refractivity contribution in [3.05, 3.63) is 56.9 Å². The monoisotopic (exact) mass is 346 g/mol. The highest BCUT2D eigenvalue weighted by molar-refractivity contribution is 7.99. The average Bonchev–Trinajstić information content (AvgIpc) is 3.12. The maximum Gasteiger partial charge on any atom is 0.269 e. The molecule has 0 N–H and O–H groups in total. The fourth-order valence-electron chi connectivity index (χ4n) is 2.94. The van der Waals surface area contributed by atoms with Crippen molar-refractivity contribution in [1.29, 1.82) is 0 Å². The van der Waals surface area contributed by atoms with E-state index in [4.69, 9.17) is 0 Å². The van der Waals surface area contributed by atoms with Gasteiger partial charge in [-0.1, -0.05) is 0 Å². The highest BCUT2D eigenvalue weighted by Crippen LogP contribution is 2.39. The van der Waals surface area contributed by atoms with Crippen LogP contribution >= 0.6 is 11.8 Å². The van der Waals surface area contributed by atoms with Gasteiger partial charge in [0.1, 0.15) is 5.37 Å². The van der Waals surface area contributed by atoms with E-state index in [1.807, 2.05) is 25.8 Å². The van der Waals surface area contributed by atoms with Crippen LogP contribution in [0.5, 0.6) is 0 Å². The van der Waals surface area contributed by atoms with Gasteiger partial charge in [0, 0.05) is 37.2 Å². The highest BCUT2D eigenvalue weighted by Gasteiger charge is 2.33. The fraction of sp³-hybridized carbons (Fsp3) is 0.375. The summed E-state index contributed by atoms with van der Waals surface area (Å²) in [6.45, 7) is 4.38. The van der Waals surface area contributed by atoms with E-state index >= 15 is 0 Å². The first-order valence-electron chi connectivity index (χ1n) is 7.57. The van der Waals surface area contributed by atoms with Gasteiger partial charge in [0.25, 0.3) is 11.6 Å². The number of benzene rings is 1. The van der Waals surface area contributed by atoms with Crippen molar-refractivity contribution in [3.63, 3.8) is 0 Å². The molecule has 1 atom stereocenters. The lowest BCUT2D eigenvalue weighted by molar-refractivity contribution is -0.384. The minimum Gasteiger partial charge on any atom is -0.322 e. The summed E-state index contributed by atoms with van der Waals surface area (Å²) in [7, 11) is 1.83. The first-order chi connectivity index (χ1) is 11.4. The molecule has 1 aromatic carbocycles. The number of thioether (sulfide) groups is 1. The Morgan fingerprint density at radius 1 is 1.33 bits per heavy atom. The lowest BCUT2D eigenvalue weighted by atomic mass is 10.1. The maximum atomic E-state index is 13.0. The molecule has 0 radical (unpaired) electrons. The predicted octanol–water partition coefficient (Wildman–Crippen LogP) is 2.83. The Kier molecular flexibility index (Phi) is 4.31. The number of aryl methyl sites for hydroxylation is 2. The Hall–Kier alpha value is -2.35. The molecule has 0 bridgehead atoms. The van der Waals surface area contributed by atoms with Crippen molar-refractivity contribution in [2.45, 2.75) is 19.2 Å². The number of hydrogen-bond donors (Lipinski definition) is 0. The average molecular weight is 346 g/mol. The lowest BCUT2D eigenvalue weighted by Gasteiger charge is -2.24. The van der Waals surface area contributed by atoms with Gasteiger partial charge >= 0.3 is 0 Å². The molecule has 1 amide bonds. The minimum atomic E-state index is -0.420. The van der Waals surface area contributed by atoms with E-state index in [1.54, 1.807) is 28.6 Å². The standard InChI is InChI=1S/C16H18N4O3S/c1-10-14(11(2)18(3)17-10)15(21)19-8-9-24-16(19)12-4-6-13(7-5-12)20(22)23/h4-7,16H,8-9H2,1-3H3. The summed E-state index contributed by atoms with van der Waals surface area (Å²) in [5.41, 5.74) is 3.16. The van der Waals surface area contributed by atoms with Gasteiger partial charge in [0.2, 0.25) is 0 Å². The van der Waals surface area contributed by atoms with E-state index in [0.717, 1.165) is 22.7 Å². The van der Waals surface area contributed by atoms with Crippen LogP contribution in [0, 0.1) is 24.0 Å². The van der Waals surface area contributed by atoms with E-state index in [2.05, 4.69) is 5.10 Å². The zero-order valence-electron chi connectivity index (χ0n) is 13.7. The number of aromatic nitrogens is 2. The number of amides is 1. The third-order valence-corrected chi connectivity index (χ3v) is 5.52. The predicted molar refractivity (Wildman–Crippen MR) is 92.0 cm³/mol. The molecule has 1 aliphatic heterocycles. The number of non-ortho nitro benzene ring substituents is 1. The third kappa shape index (κ3) is 2.77.